The van der Waals surface area contributed by atoms with Crippen molar-refractivity contribution in [3.63, 3.8) is 0 Å². The fourth-order valence-electron chi connectivity index (χ4n) is 8.87. The van der Waals surface area contributed by atoms with E-state index < -0.39 is 70.0 Å². The number of carbonyl (C=O) groups is 4. The first-order valence-electron chi connectivity index (χ1n) is 15.9. The van der Waals surface area contributed by atoms with Crippen LogP contribution in [0, 0.1) is 22.7 Å². The van der Waals surface area contributed by atoms with Crippen molar-refractivity contribution >= 4 is 23.7 Å². The average molecular weight is 635 g/mol. The lowest BCUT2D eigenvalue weighted by molar-refractivity contribution is -0.315. The molecule has 0 aromatic carbocycles. The topological polar surface area (TPSA) is 155 Å². The summed E-state index contributed by atoms with van der Waals surface area (Å²) in [6, 6.07) is 0. The van der Waals surface area contributed by atoms with Gasteiger partial charge in [-0.3, -0.25) is 4.79 Å². The molecule has 0 amide bonds. The Hall–Kier alpha value is -2.60. The summed E-state index contributed by atoms with van der Waals surface area (Å²) in [6.45, 7) is 10.1. The third-order valence-electron chi connectivity index (χ3n) is 11.7. The van der Waals surface area contributed by atoms with E-state index in [1.807, 2.05) is 33.8 Å². The highest BCUT2D eigenvalue weighted by Crippen LogP contribution is 2.71. The number of ketones is 1. The maximum Gasteiger partial charge on any atom is 0.333 e. The van der Waals surface area contributed by atoms with Gasteiger partial charge in [0.1, 0.15) is 36.6 Å². The lowest BCUT2D eigenvalue weighted by Crippen LogP contribution is -2.78. The molecule has 3 saturated carbocycles. The Morgan fingerprint density at radius 2 is 1.62 bits per heavy atom. The smallest absolute Gasteiger partial charge is 0.333 e. The molecule has 11 nitrogen and oxygen atoms in total. The van der Waals surface area contributed by atoms with E-state index in [1.165, 1.54) is 27.2 Å². The van der Waals surface area contributed by atoms with Gasteiger partial charge in [-0.1, -0.05) is 38.0 Å². The van der Waals surface area contributed by atoms with Gasteiger partial charge in [0, 0.05) is 32.6 Å². The molecule has 3 fully saturated rings. The second-order valence-corrected chi connectivity index (χ2v) is 14.2. The third-order valence-corrected chi connectivity index (χ3v) is 11.7. The van der Waals surface area contributed by atoms with E-state index in [1.54, 1.807) is 6.92 Å². The number of rotatable bonds is 10. The van der Waals surface area contributed by atoms with Gasteiger partial charge in [-0.25, -0.2) is 14.4 Å². The molecule has 1 unspecified atom stereocenters. The van der Waals surface area contributed by atoms with Crippen LogP contribution in [0.4, 0.5) is 0 Å². The molecule has 0 spiro atoms. The molecule has 4 aliphatic rings. The Balaban J connectivity index is 1.83. The molecule has 0 aliphatic heterocycles. The normalized spacial score (nSPS) is 39.2. The van der Waals surface area contributed by atoms with Crippen molar-refractivity contribution in [2.45, 2.75) is 115 Å². The van der Waals surface area contributed by atoms with Crippen LogP contribution in [-0.2, 0) is 42.9 Å². The number of hydrogen-bond donors (Lipinski definition) is 2. The van der Waals surface area contributed by atoms with Crippen LogP contribution in [0.25, 0.3) is 0 Å². The molecule has 4 aliphatic carbocycles. The van der Waals surface area contributed by atoms with E-state index in [9.17, 15) is 29.4 Å². The molecule has 0 aromatic heterocycles. The van der Waals surface area contributed by atoms with Crippen LogP contribution in [0.2, 0.25) is 0 Å². The Kier molecular flexibility index (Phi) is 9.83. The largest absolute Gasteiger partial charge is 0.460 e. The first-order valence-corrected chi connectivity index (χ1v) is 15.9. The molecule has 0 saturated heterocycles. The van der Waals surface area contributed by atoms with Crippen molar-refractivity contribution in [3.05, 3.63) is 23.3 Å². The van der Waals surface area contributed by atoms with Crippen molar-refractivity contribution in [2.75, 3.05) is 27.4 Å². The number of carbonyl (C=O) groups excluding carboxylic acids is 4. The molecule has 252 valence electrons. The molecule has 0 radical (unpaired) electrons. The fourth-order valence-corrected chi connectivity index (χ4v) is 8.87. The van der Waals surface area contributed by atoms with Crippen molar-refractivity contribution in [1.82, 2.24) is 0 Å². The molecule has 11 heteroatoms. The number of aliphatic hydroxyl groups is 2. The second-order valence-electron chi connectivity index (χ2n) is 14.2. The summed E-state index contributed by atoms with van der Waals surface area (Å²) in [4.78, 5) is 52.1. The first-order chi connectivity index (χ1) is 21.0. The number of ether oxygens (including phenoxy) is 5. The van der Waals surface area contributed by atoms with E-state index in [-0.39, 0.29) is 44.3 Å². The van der Waals surface area contributed by atoms with Crippen molar-refractivity contribution < 1.29 is 53.1 Å². The van der Waals surface area contributed by atoms with Crippen LogP contribution >= 0.6 is 0 Å². The first kappa shape index (κ1) is 35.3. The van der Waals surface area contributed by atoms with E-state index in [0.717, 1.165) is 11.1 Å². The number of methoxy groups -OCH3 is 2. The Morgan fingerprint density at radius 1 is 0.978 bits per heavy atom. The minimum atomic E-state index is -1.99. The maximum absolute atomic E-state index is 13.6. The zero-order chi connectivity index (χ0) is 33.6. The molecule has 2 N–H and O–H groups in total. The number of Topliss-reactive ketones (excluding diaryl/α,β-unsaturated/α-hetero) is 1. The van der Waals surface area contributed by atoms with Crippen LogP contribution in [0.15, 0.2) is 23.3 Å². The van der Waals surface area contributed by atoms with E-state index in [2.05, 4.69) is 0 Å². The van der Waals surface area contributed by atoms with E-state index >= 15 is 0 Å². The summed E-state index contributed by atoms with van der Waals surface area (Å²) < 4.78 is 27.7. The number of hydrogen-bond acceptors (Lipinski definition) is 11. The monoisotopic (exact) mass is 634 g/mol. The maximum atomic E-state index is 13.6. The van der Waals surface area contributed by atoms with Gasteiger partial charge in [0.15, 0.2) is 11.4 Å². The predicted octanol–water partition coefficient (Wildman–Crippen LogP) is 3.38. The molecular weight excluding hydrogens is 584 g/mol. The van der Waals surface area contributed by atoms with Crippen molar-refractivity contribution in [2.24, 2.45) is 22.7 Å². The fraction of sp³-hybridized carbons (Fsp3) is 0.765. The Morgan fingerprint density at radius 3 is 2.22 bits per heavy atom. The third kappa shape index (κ3) is 5.47. The summed E-state index contributed by atoms with van der Waals surface area (Å²) in [7, 11) is 2.76. The second kappa shape index (κ2) is 12.5. The Bertz CT molecular complexity index is 1270. The van der Waals surface area contributed by atoms with Crippen molar-refractivity contribution in [1.29, 1.82) is 0 Å². The number of esters is 3. The molecule has 45 heavy (non-hydrogen) atoms. The number of allylic oxidation sites excluding steroid dienone is 1. The average Bonchev–Trinajstić information content (AvgIpc) is 3.20. The quantitative estimate of drug-likeness (QED) is 0.157. The van der Waals surface area contributed by atoms with Crippen LogP contribution in [-0.4, -0.2) is 90.3 Å². The highest BCUT2D eigenvalue weighted by molar-refractivity contribution is 5.90. The number of fused-ring (bicyclic) bond motifs is 5. The van der Waals surface area contributed by atoms with Crippen LogP contribution in [0.3, 0.4) is 0 Å². The molecule has 4 rings (SSSR count). The van der Waals surface area contributed by atoms with Crippen LogP contribution in [0.1, 0.15) is 86.5 Å². The highest BCUT2D eigenvalue weighted by Gasteiger charge is 2.83. The summed E-state index contributed by atoms with van der Waals surface area (Å²) in [5.41, 5.74) is -6.19. The van der Waals surface area contributed by atoms with Gasteiger partial charge in [0.2, 0.25) is 0 Å². The zero-order valence-electron chi connectivity index (χ0n) is 27.9. The van der Waals surface area contributed by atoms with Crippen LogP contribution < -0.4 is 0 Å². The SMILES string of the molecule is COCC(=O)O[C@H]1CC[C@@]2(C)C(=CC[C@]3(O)C2C[C@@H](OC(=O)/C=C(\C)C(C)C)[C@@]2(C)[C@]3(O)CC[C@@]2(OC(=O)COC)C(C)=O)C1. The molecular formula is C34H50O11. The molecule has 8 atom stereocenters. The van der Waals surface area contributed by atoms with Gasteiger partial charge in [-0.2, -0.15) is 0 Å². The van der Waals surface area contributed by atoms with Crippen LogP contribution in [0.5, 0.6) is 0 Å². The summed E-state index contributed by atoms with van der Waals surface area (Å²) in [5, 5.41) is 25.7. The molecule has 0 heterocycles. The standard InChI is InChI=1S/C34H50O11/c1-20(2)21(3)15-27(36)44-26-17-25-30(5)11-10-24(43-28(37)18-41-7)16-23(30)9-12-32(25,39)34(40)14-13-33(22(4)35,31(26,34)6)45-29(38)19-42-8/h9,15,20,24-26,39-40H,10-14,16-19H2,1-8H3/b21-15+/t24-,25?,26+,30-,31+,32-,33+,34+/m0/s1. The summed E-state index contributed by atoms with van der Waals surface area (Å²) in [6.07, 6.45) is 3.41. The summed E-state index contributed by atoms with van der Waals surface area (Å²) in [5.74, 6) is -2.92. The zero-order valence-corrected chi connectivity index (χ0v) is 27.9. The van der Waals surface area contributed by atoms with E-state index in [4.69, 9.17) is 23.7 Å². The highest BCUT2D eigenvalue weighted by atomic mass is 16.6. The minimum absolute atomic E-state index is 0.0560. The van der Waals surface area contributed by atoms with E-state index in [0.29, 0.717) is 19.3 Å². The minimum Gasteiger partial charge on any atom is -0.460 e. The van der Waals surface area contributed by atoms with Gasteiger partial charge in [-0.05, 0) is 70.6 Å². The van der Waals surface area contributed by atoms with Crippen molar-refractivity contribution in [3.8, 4) is 0 Å². The predicted molar refractivity (Wildman–Crippen MR) is 162 cm³/mol. The molecule has 0 aromatic rings. The van der Waals surface area contributed by atoms with Gasteiger partial charge in [0.25, 0.3) is 0 Å². The lowest BCUT2D eigenvalue weighted by Gasteiger charge is -2.67. The van der Waals surface area contributed by atoms with Gasteiger partial charge >= 0.3 is 17.9 Å². The van der Waals surface area contributed by atoms with Gasteiger partial charge in [-0.15, -0.1) is 0 Å². The van der Waals surface area contributed by atoms with Gasteiger partial charge < -0.3 is 33.9 Å². The van der Waals surface area contributed by atoms with Gasteiger partial charge in [0.05, 0.1) is 5.41 Å². The summed E-state index contributed by atoms with van der Waals surface area (Å²) >= 11 is 0. The lowest BCUT2D eigenvalue weighted by atomic mass is 9.42. The Labute approximate surface area is 265 Å². The molecule has 0 bridgehead atoms.